The number of rotatable bonds is 2. The molecule has 0 aromatic heterocycles. The smallest absolute Gasteiger partial charge is 0.332 e. The van der Waals surface area contributed by atoms with E-state index in [1.54, 1.807) is 6.07 Å². The molecular formula is C14H8Br2F4N2S. The molecule has 0 amide bonds. The van der Waals surface area contributed by atoms with Gasteiger partial charge < -0.3 is 10.6 Å². The SMILES string of the molecule is Fc1cc(Br)cc(Br)c1NC(=S)Nc1ccccc1C(F)(F)F. The minimum absolute atomic E-state index is 0.0233. The maximum atomic E-state index is 13.9. The number of hydrogen-bond acceptors (Lipinski definition) is 1. The molecule has 0 radical (unpaired) electrons. The number of nitrogens with one attached hydrogen (secondary N) is 2. The summed E-state index contributed by atoms with van der Waals surface area (Å²) >= 11 is 11.2. The van der Waals surface area contributed by atoms with Gasteiger partial charge in [-0.1, -0.05) is 28.1 Å². The van der Waals surface area contributed by atoms with Gasteiger partial charge in [-0.15, -0.1) is 0 Å². The van der Waals surface area contributed by atoms with Crippen molar-refractivity contribution in [2.75, 3.05) is 10.6 Å². The molecule has 2 N–H and O–H groups in total. The average molecular weight is 472 g/mol. The number of thiocarbonyl (C=S) groups is 1. The maximum Gasteiger partial charge on any atom is 0.418 e. The lowest BCUT2D eigenvalue weighted by Crippen LogP contribution is -2.22. The monoisotopic (exact) mass is 470 g/mol. The van der Waals surface area contributed by atoms with Gasteiger partial charge in [-0.25, -0.2) is 4.39 Å². The molecule has 0 saturated carbocycles. The van der Waals surface area contributed by atoms with Gasteiger partial charge >= 0.3 is 6.18 Å². The fourth-order valence-corrected chi connectivity index (χ4v) is 3.25. The van der Waals surface area contributed by atoms with Crippen molar-refractivity contribution in [1.29, 1.82) is 0 Å². The van der Waals surface area contributed by atoms with E-state index in [0.717, 1.165) is 6.07 Å². The van der Waals surface area contributed by atoms with Gasteiger partial charge in [0.2, 0.25) is 0 Å². The maximum absolute atomic E-state index is 13.9. The fourth-order valence-electron chi connectivity index (χ4n) is 1.77. The zero-order chi connectivity index (χ0) is 17.2. The van der Waals surface area contributed by atoms with Gasteiger partial charge in [-0.05, 0) is 52.4 Å². The van der Waals surface area contributed by atoms with Gasteiger partial charge in [0.05, 0.1) is 16.9 Å². The van der Waals surface area contributed by atoms with Gasteiger partial charge in [-0.2, -0.15) is 13.2 Å². The van der Waals surface area contributed by atoms with E-state index in [2.05, 4.69) is 42.5 Å². The summed E-state index contributed by atoms with van der Waals surface area (Å²) in [6.07, 6.45) is -4.53. The van der Waals surface area contributed by atoms with Gasteiger partial charge in [0.25, 0.3) is 0 Å². The summed E-state index contributed by atoms with van der Waals surface area (Å²) in [6, 6.07) is 7.67. The van der Waals surface area contributed by atoms with Crippen molar-refractivity contribution in [3.8, 4) is 0 Å². The molecule has 2 aromatic rings. The van der Waals surface area contributed by atoms with E-state index in [-0.39, 0.29) is 16.5 Å². The molecule has 0 bridgehead atoms. The number of benzene rings is 2. The molecule has 0 spiro atoms. The molecule has 2 aromatic carbocycles. The number of alkyl halides is 3. The molecule has 2 rings (SSSR count). The summed E-state index contributed by atoms with van der Waals surface area (Å²) in [6.45, 7) is 0. The normalized spacial score (nSPS) is 11.2. The summed E-state index contributed by atoms with van der Waals surface area (Å²) in [5.41, 5.74) is -1.05. The lowest BCUT2D eigenvalue weighted by Gasteiger charge is -2.16. The Morgan fingerprint density at radius 3 is 2.30 bits per heavy atom. The van der Waals surface area contributed by atoms with Crippen LogP contribution in [0.1, 0.15) is 5.56 Å². The lowest BCUT2D eigenvalue weighted by molar-refractivity contribution is -0.136. The van der Waals surface area contributed by atoms with Crippen LogP contribution in [0.25, 0.3) is 0 Å². The number of para-hydroxylation sites is 1. The minimum Gasteiger partial charge on any atom is -0.332 e. The molecule has 0 fully saturated rings. The first-order chi connectivity index (χ1) is 10.7. The zero-order valence-electron chi connectivity index (χ0n) is 11.1. The predicted octanol–water partition coefficient (Wildman–Crippen LogP) is 6.18. The highest BCUT2D eigenvalue weighted by Gasteiger charge is 2.33. The topological polar surface area (TPSA) is 24.1 Å². The molecule has 9 heteroatoms. The molecule has 0 heterocycles. The van der Waals surface area contributed by atoms with Crippen molar-refractivity contribution in [3.63, 3.8) is 0 Å². The Kier molecular flexibility index (Phi) is 5.64. The van der Waals surface area contributed by atoms with Crippen LogP contribution in [-0.2, 0) is 6.18 Å². The summed E-state index contributed by atoms with van der Waals surface area (Å²) < 4.78 is 53.5. The number of anilines is 2. The summed E-state index contributed by atoms with van der Waals surface area (Å²) in [4.78, 5) is 0. The third-order valence-corrected chi connectivity index (χ3v) is 4.01. The second-order valence-electron chi connectivity index (χ2n) is 4.37. The predicted molar refractivity (Wildman–Crippen MR) is 93.1 cm³/mol. The zero-order valence-corrected chi connectivity index (χ0v) is 15.1. The summed E-state index contributed by atoms with van der Waals surface area (Å²) in [5.74, 6) is -0.612. The molecule has 0 atom stereocenters. The average Bonchev–Trinajstić information content (AvgIpc) is 2.42. The van der Waals surface area contributed by atoms with Crippen molar-refractivity contribution in [2.45, 2.75) is 6.18 Å². The molecule has 0 aliphatic carbocycles. The molecule has 122 valence electrons. The second-order valence-corrected chi connectivity index (χ2v) is 6.55. The first kappa shape index (κ1) is 18.2. The fraction of sp³-hybridized carbons (Fsp3) is 0.0714. The number of halogens is 6. The van der Waals surface area contributed by atoms with E-state index in [0.29, 0.717) is 8.95 Å². The third kappa shape index (κ3) is 4.65. The van der Waals surface area contributed by atoms with Crippen LogP contribution in [0.15, 0.2) is 45.3 Å². The third-order valence-electron chi connectivity index (χ3n) is 2.73. The largest absolute Gasteiger partial charge is 0.418 e. The Morgan fingerprint density at radius 1 is 1.04 bits per heavy atom. The van der Waals surface area contributed by atoms with Crippen LogP contribution in [0.3, 0.4) is 0 Å². The highest BCUT2D eigenvalue weighted by atomic mass is 79.9. The second kappa shape index (κ2) is 7.14. The van der Waals surface area contributed by atoms with Crippen molar-refractivity contribution in [1.82, 2.24) is 0 Å². The Balaban J connectivity index is 2.22. The molecule has 2 nitrogen and oxygen atoms in total. The van der Waals surface area contributed by atoms with Crippen LogP contribution in [0.5, 0.6) is 0 Å². The Hall–Kier alpha value is -1.19. The van der Waals surface area contributed by atoms with Crippen molar-refractivity contribution < 1.29 is 17.6 Å². The highest BCUT2D eigenvalue weighted by Crippen LogP contribution is 2.35. The molecule has 0 aliphatic rings. The molecular weight excluding hydrogens is 464 g/mol. The van der Waals surface area contributed by atoms with E-state index in [9.17, 15) is 17.6 Å². The Bertz CT molecular complexity index is 727. The van der Waals surface area contributed by atoms with Crippen LogP contribution >= 0.6 is 44.1 Å². The van der Waals surface area contributed by atoms with Gasteiger partial charge in [-0.3, -0.25) is 0 Å². The lowest BCUT2D eigenvalue weighted by atomic mass is 10.1. The highest BCUT2D eigenvalue weighted by molar-refractivity contribution is 9.11. The van der Waals surface area contributed by atoms with Crippen LogP contribution in [0, 0.1) is 5.82 Å². The minimum atomic E-state index is -4.53. The Labute approximate surface area is 151 Å². The van der Waals surface area contributed by atoms with Gasteiger partial charge in [0.15, 0.2) is 5.11 Å². The van der Waals surface area contributed by atoms with Crippen molar-refractivity contribution in [2.24, 2.45) is 0 Å². The molecule has 0 unspecified atom stereocenters. The van der Waals surface area contributed by atoms with E-state index in [1.807, 2.05) is 0 Å². The van der Waals surface area contributed by atoms with Crippen LogP contribution in [0.2, 0.25) is 0 Å². The first-order valence-corrected chi connectivity index (χ1v) is 8.06. The van der Waals surface area contributed by atoms with Crippen molar-refractivity contribution in [3.05, 3.63) is 56.7 Å². The summed E-state index contributed by atoms with van der Waals surface area (Å²) in [7, 11) is 0. The van der Waals surface area contributed by atoms with Gasteiger partial charge in [0.1, 0.15) is 5.82 Å². The van der Waals surface area contributed by atoms with Crippen LogP contribution < -0.4 is 10.6 Å². The van der Waals surface area contributed by atoms with E-state index in [4.69, 9.17) is 12.2 Å². The van der Waals surface area contributed by atoms with E-state index in [1.165, 1.54) is 24.3 Å². The first-order valence-electron chi connectivity index (χ1n) is 6.07. The van der Waals surface area contributed by atoms with Gasteiger partial charge in [0, 0.05) is 8.95 Å². The molecule has 23 heavy (non-hydrogen) atoms. The van der Waals surface area contributed by atoms with E-state index >= 15 is 0 Å². The van der Waals surface area contributed by atoms with Crippen molar-refractivity contribution >= 4 is 60.6 Å². The number of hydrogen-bond donors (Lipinski definition) is 2. The summed E-state index contributed by atoms with van der Waals surface area (Å²) in [5, 5.41) is 4.82. The standard InChI is InChI=1S/C14H8Br2F4N2S/c15-7-5-9(16)12(10(17)6-7)22-13(23)21-11-4-2-1-3-8(11)14(18,19)20/h1-6H,(H2,21,22,23). The van der Waals surface area contributed by atoms with Crippen LogP contribution in [-0.4, -0.2) is 5.11 Å². The van der Waals surface area contributed by atoms with Crippen LogP contribution in [0.4, 0.5) is 28.9 Å². The van der Waals surface area contributed by atoms with E-state index < -0.39 is 17.6 Å². The molecule has 0 aliphatic heterocycles. The molecule has 0 saturated heterocycles. The Morgan fingerprint density at radius 2 is 1.70 bits per heavy atom. The quantitative estimate of drug-likeness (QED) is 0.404.